The number of rotatable bonds is 10. The monoisotopic (exact) mass is 620 g/mol. The van der Waals surface area contributed by atoms with Crippen molar-refractivity contribution in [3.8, 4) is 0 Å². The van der Waals surface area contributed by atoms with Crippen LogP contribution in [-0.4, -0.2) is 11.6 Å². The van der Waals surface area contributed by atoms with Gasteiger partial charge in [0.2, 0.25) is 11.0 Å². The molecule has 0 radical (unpaired) electrons. The number of para-hydroxylation sites is 2. The Labute approximate surface area is 263 Å². The van der Waals surface area contributed by atoms with E-state index in [2.05, 4.69) is 23.0 Å². The van der Waals surface area contributed by atoms with Gasteiger partial charge in [-0.3, -0.25) is 9.59 Å². The zero-order valence-corrected chi connectivity index (χ0v) is 26.3. The number of hydrogen-bond donors (Lipinski definition) is 0. The van der Waals surface area contributed by atoms with Crippen molar-refractivity contribution in [1.82, 2.24) is 0 Å². The van der Waals surface area contributed by atoms with Crippen LogP contribution in [0, 0.1) is 0 Å². The van der Waals surface area contributed by atoms with Crippen LogP contribution in [0.2, 0.25) is 0 Å². The Morgan fingerprint density at radius 1 is 0.614 bits per heavy atom. The van der Waals surface area contributed by atoms with Crippen LogP contribution in [0.5, 0.6) is 0 Å². The predicted octanol–water partition coefficient (Wildman–Crippen LogP) is 5.17. The van der Waals surface area contributed by atoms with E-state index in [-0.39, 0.29) is 34.2 Å². The minimum Gasteiger partial charge on any atom is -0.874 e. The standard InChI is InChI=1S/C36H32N2O4S2/c1-3-5-19-37-23-11-7-9-13-25(23)43-35(37)29-31(39)27(32(29)40)21-15-17-22(18-16-21)28-33(41)30(34(28)42)36-38(20-6-4-2)24-12-8-10-14-26(24)44-36/h7-18,29-30H,3-6,19-20H2,1-2H3. The first-order valence-corrected chi connectivity index (χ1v) is 16.9. The number of Topliss-reactive ketones (excluding diaryl/α,β-unsaturated/α-hetero) is 2. The fourth-order valence-electron chi connectivity index (χ4n) is 6.35. The van der Waals surface area contributed by atoms with Crippen molar-refractivity contribution in [3.63, 3.8) is 0 Å². The molecule has 0 spiro atoms. The lowest BCUT2D eigenvalue weighted by molar-refractivity contribution is -0.675. The van der Waals surface area contributed by atoms with E-state index >= 15 is 0 Å². The van der Waals surface area contributed by atoms with Crippen LogP contribution in [0.4, 0.5) is 0 Å². The Balaban J connectivity index is 1.18. The fraction of sp³-hybridized carbons (Fsp3) is 0.278. The molecule has 0 N–H and O–H groups in total. The number of nitrogens with zero attached hydrogens (tertiary/aromatic N) is 2. The van der Waals surface area contributed by atoms with Gasteiger partial charge in [-0.25, -0.2) is 0 Å². The molecule has 0 amide bonds. The number of carbonyl (C=O) groups is 2. The highest BCUT2D eigenvalue weighted by molar-refractivity contribution is 7.18. The minimum absolute atomic E-state index is 0.176. The number of ketones is 2. The van der Waals surface area contributed by atoms with Gasteiger partial charge >= 0.3 is 0 Å². The molecule has 2 heterocycles. The maximum absolute atomic E-state index is 13.5. The molecule has 2 aliphatic rings. The summed E-state index contributed by atoms with van der Waals surface area (Å²) in [5.74, 6) is -2.28. The van der Waals surface area contributed by atoms with E-state index in [0.717, 1.165) is 69.2 Å². The first kappa shape index (κ1) is 28.6. The molecule has 5 aromatic rings. The Morgan fingerprint density at radius 3 is 1.36 bits per heavy atom. The van der Waals surface area contributed by atoms with E-state index < -0.39 is 11.8 Å². The average molecular weight is 621 g/mol. The number of aromatic nitrogens is 2. The highest BCUT2D eigenvalue weighted by Gasteiger charge is 2.44. The van der Waals surface area contributed by atoms with Crippen molar-refractivity contribution in [1.29, 1.82) is 0 Å². The maximum Gasteiger partial charge on any atom is 0.252 e. The van der Waals surface area contributed by atoms with Crippen molar-refractivity contribution in [2.45, 2.75) is 64.5 Å². The van der Waals surface area contributed by atoms with Gasteiger partial charge in [-0.15, -0.1) is 0 Å². The number of benzene rings is 3. The SMILES string of the molecule is CCCC[n+]1c(C2C(=O)C(c3ccc(C4=C([O-])C(c5sc6ccccc6[n+]5CCCC)C4=O)cc3)=C2[O-])sc2ccccc21. The van der Waals surface area contributed by atoms with Gasteiger partial charge in [0.1, 0.15) is 34.3 Å². The Bertz CT molecular complexity index is 1870. The fourth-order valence-corrected chi connectivity index (χ4v) is 8.93. The molecule has 0 aliphatic heterocycles. The molecule has 3 aromatic carbocycles. The first-order chi connectivity index (χ1) is 21.4. The minimum atomic E-state index is -0.787. The second kappa shape index (κ2) is 11.4. The molecular weight excluding hydrogens is 589 g/mol. The summed E-state index contributed by atoms with van der Waals surface area (Å²) >= 11 is 3.03. The van der Waals surface area contributed by atoms with Gasteiger partial charge in [0.25, 0.3) is 10.0 Å². The number of aryl methyl sites for hydroxylation is 2. The van der Waals surface area contributed by atoms with Crippen molar-refractivity contribution < 1.29 is 28.9 Å². The summed E-state index contributed by atoms with van der Waals surface area (Å²) in [4.78, 5) is 26.9. The summed E-state index contributed by atoms with van der Waals surface area (Å²) in [5, 5.41) is 28.5. The summed E-state index contributed by atoms with van der Waals surface area (Å²) in [7, 11) is 0. The zero-order valence-electron chi connectivity index (χ0n) is 24.7. The Hall–Kier alpha value is -4.14. The lowest BCUT2D eigenvalue weighted by Gasteiger charge is -2.35. The van der Waals surface area contributed by atoms with Crippen LogP contribution >= 0.6 is 22.7 Å². The van der Waals surface area contributed by atoms with Crippen molar-refractivity contribution in [2.75, 3.05) is 0 Å². The number of thiazole rings is 2. The topological polar surface area (TPSA) is 88.0 Å². The lowest BCUT2D eigenvalue weighted by Crippen LogP contribution is -2.45. The third-order valence-electron chi connectivity index (χ3n) is 8.73. The van der Waals surface area contributed by atoms with Crippen molar-refractivity contribution in [2.24, 2.45) is 0 Å². The second-order valence-corrected chi connectivity index (χ2v) is 13.6. The highest BCUT2D eigenvalue weighted by Crippen LogP contribution is 2.45. The van der Waals surface area contributed by atoms with Gasteiger partial charge in [0.05, 0.1) is 0 Å². The van der Waals surface area contributed by atoms with Crippen molar-refractivity contribution in [3.05, 3.63) is 105 Å². The van der Waals surface area contributed by atoms with Gasteiger partial charge in [0.15, 0.2) is 11.6 Å². The molecular formula is C36H32N2O4S2. The number of carbonyl (C=O) groups excluding carboxylic acids is 2. The first-order valence-electron chi connectivity index (χ1n) is 15.3. The lowest BCUT2D eigenvalue weighted by atomic mass is 9.76. The van der Waals surface area contributed by atoms with Gasteiger partial charge in [0, 0.05) is 36.1 Å². The normalized spacial score (nSPS) is 18.4. The van der Waals surface area contributed by atoms with Crippen LogP contribution in [0.15, 0.2) is 84.3 Å². The van der Waals surface area contributed by atoms with Crippen LogP contribution in [0.25, 0.3) is 31.6 Å². The van der Waals surface area contributed by atoms with Crippen LogP contribution in [-0.2, 0) is 22.7 Å². The van der Waals surface area contributed by atoms with Gasteiger partial charge in [-0.2, -0.15) is 9.13 Å². The molecule has 6 nitrogen and oxygen atoms in total. The van der Waals surface area contributed by atoms with E-state index in [4.69, 9.17) is 0 Å². The molecule has 7 rings (SSSR count). The molecule has 8 heteroatoms. The van der Waals surface area contributed by atoms with Gasteiger partial charge < -0.3 is 10.2 Å². The Kier molecular flexibility index (Phi) is 7.42. The highest BCUT2D eigenvalue weighted by atomic mass is 32.1. The van der Waals surface area contributed by atoms with Crippen LogP contribution < -0.4 is 19.3 Å². The average Bonchev–Trinajstić information content (AvgIpc) is 3.57. The molecule has 2 aromatic heterocycles. The second-order valence-electron chi connectivity index (χ2n) is 11.5. The molecule has 0 bridgehead atoms. The van der Waals surface area contributed by atoms with E-state index in [0.29, 0.717) is 11.1 Å². The summed E-state index contributed by atoms with van der Waals surface area (Å²) in [6, 6.07) is 22.8. The summed E-state index contributed by atoms with van der Waals surface area (Å²) in [5.41, 5.74) is 3.54. The molecule has 0 fully saturated rings. The molecule has 2 atom stereocenters. The molecule has 44 heavy (non-hydrogen) atoms. The molecule has 2 aliphatic carbocycles. The van der Waals surface area contributed by atoms with Crippen molar-refractivity contribution >= 4 is 65.8 Å². The molecule has 2 unspecified atom stereocenters. The summed E-state index contributed by atoms with van der Waals surface area (Å²) in [6.07, 6.45) is 3.95. The van der Waals surface area contributed by atoms with E-state index in [1.807, 2.05) is 48.5 Å². The van der Waals surface area contributed by atoms with Gasteiger partial charge in [-0.05, 0) is 23.3 Å². The van der Waals surface area contributed by atoms with E-state index in [1.54, 1.807) is 24.3 Å². The van der Waals surface area contributed by atoms with Crippen LogP contribution in [0.1, 0.15) is 72.5 Å². The number of allylic oxidation sites excluding steroid dienone is 4. The molecule has 222 valence electrons. The number of hydrogen-bond acceptors (Lipinski definition) is 6. The number of fused-ring (bicyclic) bond motifs is 2. The molecule has 0 saturated heterocycles. The quantitative estimate of drug-likeness (QED) is 0.202. The maximum atomic E-state index is 13.5. The number of unbranched alkanes of at least 4 members (excludes halogenated alkanes) is 2. The van der Waals surface area contributed by atoms with E-state index in [1.165, 1.54) is 22.7 Å². The third-order valence-corrected chi connectivity index (χ3v) is 11.2. The molecule has 0 saturated carbocycles. The van der Waals surface area contributed by atoms with Gasteiger partial charge in [-0.1, -0.05) is 109 Å². The predicted molar refractivity (Wildman–Crippen MR) is 170 cm³/mol. The smallest absolute Gasteiger partial charge is 0.252 e. The third kappa shape index (κ3) is 4.42. The largest absolute Gasteiger partial charge is 0.874 e. The summed E-state index contributed by atoms with van der Waals surface area (Å²) in [6.45, 7) is 5.78. The summed E-state index contributed by atoms with van der Waals surface area (Å²) < 4.78 is 6.39. The van der Waals surface area contributed by atoms with E-state index in [9.17, 15) is 19.8 Å². The zero-order chi connectivity index (χ0) is 30.5. The Morgan fingerprint density at radius 2 is 1.00 bits per heavy atom. The van der Waals surface area contributed by atoms with Crippen LogP contribution in [0.3, 0.4) is 0 Å².